The Hall–Kier alpha value is -1.85. The molecule has 2 rings (SSSR count). The number of alkyl halides is 1. The molecule has 2 heterocycles. The Kier molecular flexibility index (Phi) is 2.41. The fraction of sp³-hybridized carbons (Fsp3) is 0.400. The number of nitrogens with zero attached hydrogens (tertiary/aromatic N) is 2. The summed E-state index contributed by atoms with van der Waals surface area (Å²) in [6, 6.07) is 0. The molecule has 0 bridgehead atoms. The predicted octanol–water partition coefficient (Wildman–Crippen LogP) is 0.905. The van der Waals surface area contributed by atoms with Gasteiger partial charge in [0.25, 0.3) is 0 Å². The summed E-state index contributed by atoms with van der Waals surface area (Å²) >= 11 is 0. The highest BCUT2D eigenvalue weighted by Gasteiger charge is 2.31. The standard InChI is InChI=1S/C10H12FN3O2/c1-5-4-14(10(15)13-9(5)12)8-3-7(11)6(2)16-8/h4,7-8H,2-3H2,1H3,(H2,12,13,15)/t7-,8?/m0/s1. The van der Waals surface area contributed by atoms with Gasteiger partial charge in [0.05, 0.1) is 0 Å². The Morgan fingerprint density at radius 2 is 2.44 bits per heavy atom. The van der Waals surface area contributed by atoms with Gasteiger partial charge in [-0.15, -0.1) is 0 Å². The van der Waals surface area contributed by atoms with Gasteiger partial charge in [0, 0.05) is 18.2 Å². The largest absolute Gasteiger partial charge is 0.472 e. The summed E-state index contributed by atoms with van der Waals surface area (Å²) in [5.74, 6) is 0.223. The molecular weight excluding hydrogens is 213 g/mol. The fourth-order valence-electron chi connectivity index (χ4n) is 1.56. The van der Waals surface area contributed by atoms with E-state index in [4.69, 9.17) is 10.5 Å². The van der Waals surface area contributed by atoms with Crippen LogP contribution in [0.1, 0.15) is 18.2 Å². The smallest absolute Gasteiger partial charge is 0.352 e. The summed E-state index contributed by atoms with van der Waals surface area (Å²) in [5, 5.41) is 0. The van der Waals surface area contributed by atoms with Crippen LogP contribution in [0, 0.1) is 6.92 Å². The predicted molar refractivity (Wildman–Crippen MR) is 56.4 cm³/mol. The summed E-state index contributed by atoms with van der Waals surface area (Å²) in [6.45, 7) is 5.14. The van der Waals surface area contributed by atoms with E-state index in [1.54, 1.807) is 6.92 Å². The molecule has 1 aromatic rings. The molecule has 1 fully saturated rings. The van der Waals surface area contributed by atoms with E-state index < -0.39 is 18.1 Å². The summed E-state index contributed by atoms with van der Waals surface area (Å²) in [7, 11) is 0. The molecule has 0 amide bonds. The zero-order chi connectivity index (χ0) is 11.9. The zero-order valence-corrected chi connectivity index (χ0v) is 8.81. The van der Waals surface area contributed by atoms with Crippen LogP contribution in [0.25, 0.3) is 0 Å². The molecule has 0 aliphatic carbocycles. The minimum atomic E-state index is -1.24. The Bertz CT molecular complexity index is 497. The molecular formula is C10H12FN3O2. The van der Waals surface area contributed by atoms with Gasteiger partial charge in [-0.3, -0.25) is 4.57 Å². The molecule has 6 heteroatoms. The quantitative estimate of drug-likeness (QED) is 0.771. The molecule has 1 aliphatic heterocycles. The molecule has 1 aromatic heterocycles. The normalized spacial score (nSPS) is 24.5. The van der Waals surface area contributed by atoms with Crippen molar-refractivity contribution in [2.45, 2.75) is 25.7 Å². The average molecular weight is 225 g/mol. The Balaban J connectivity index is 2.39. The van der Waals surface area contributed by atoms with Gasteiger partial charge in [-0.25, -0.2) is 9.18 Å². The van der Waals surface area contributed by atoms with E-state index in [0.29, 0.717) is 5.56 Å². The third-order valence-electron chi connectivity index (χ3n) is 2.53. The first-order chi connectivity index (χ1) is 7.49. The SMILES string of the molecule is C=C1OC(n2cc(C)c(N)nc2=O)C[C@@H]1F. The van der Waals surface area contributed by atoms with E-state index in [1.165, 1.54) is 10.8 Å². The number of aromatic nitrogens is 2. The van der Waals surface area contributed by atoms with Crippen molar-refractivity contribution in [3.8, 4) is 0 Å². The number of nitrogens with two attached hydrogens (primary N) is 1. The molecule has 86 valence electrons. The van der Waals surface area contributed by atoms with Crippen LogP contribution in [0.15, 0.2) is 23.3 Å². The number of rotatable bonds is 1. The number of nitrogen functional groups attached to an aromatic ring is 1. The van der Waals surface area contributed by atoms with Crippen LogP contribution in [0.5, 0.6) is 0 Å². The molecule has 16 heavy (non-hydrogen) atoms. The lowest BCUT2D eigenvalue weighted by Gasteiger charge is -2.13. The maximum Gasteiger partial charge on any atom is 0.352 e. The summed E-state index contributed by atoms with van der Waals surface area (Å²) in [5.41, 5.74) is 5.59. The van der Waals surface area contributed by atoms with Crippen molar-refractivity contribution in [3.63, 3.8) is 0 Å². The van der Waals surface area contributed by atoms with Gasteiger partial charge in [0.2, 0.25) is 0 Å². The minimum Gasteiger partial charge on any atom is -0.472 e. The van der Waals surface area contributed by atoms with E-state index in [-0.39, 0.29) is 18.0 Å². The number of allylic oxidation sites excluding steroid dienone is 1. The van der Waals surface area contributed by atoms with Crippen molar-refractivity contribution in [3.05, 3.63) is 34.6 Å². The van der Waals surface area contributed by atoms with Crippen LogP contribution in [-0.4, -0.2) is 15.7 Å². The second kappa shape index (κ2) is 3.62. The first-order valence-electron chi connectivity index (χ1n) is 4.84. The highest BCUT2D eigenvalue weighted by Crippen LogP contribution is 2.31. The molecule has 1 unspecified atom stereocenters. The van der Waals surface area contributed by atoms with E-state index in [1.807, 2.05) is 0 Å². The van der Waals surface area contributed by atoms with Crippen molar-refractivity contribution >= 4 is 5.82 Å². The fourth-order valence-corrected chi connectivity index (χ4v) is 1.56. The Morgan fingerprint density at radius 3 is 3.00 bits per heavy atom. The van der Waals surface area contributed by atoms with Crippen LogP contribution in [-0.2, 0) is 4.74 Å². The molecule has 1 aliphatic rings. The highest BCUT2D eigenvalue weighted by atomic mass is 19.1. The van der Waals surface area contributed by atoms with Crippen molar-refractivity contribution < 1.29 is 9.13 Å². The number of ether oxygens (including phenoxy) is 1. The lowest BCUT2D eigenvalue weighted by molar-refractivity contribution is 0.0938. The van der Waals surface area contributed by atoms with Gasteiger partial charge >= 0.3 is 5.69 Å². The van der Waals surface area contributed by atoms with Gasteiger partial charge in [-0.1, -0.05) is 6.58 Å². The second-order valence-corrected chi connectivity index (χ2v) is 3.74. The first kappa shape index (κ1) is 10.7. The summed E-state index contributed by atoms with van der Waals surface area (Å²) < 4.78 is 19.6. The van der Waals surface area contributed by atoms with Crippen molar-refractivity contribution in [1.82, 2.24) is 9.55 Å². The lowest BCUT2D eigenvalue weighted by atomic mass is 10.2. The molecule has 5 nitrogen and oxygen atoms in total. The number of hydrogen-bond acceptors (Lipinski definition) is 4. The molecule has 0 spiro atoms. The van der Waals surface area contributed by atoms with Crippen molar-refractivity contribution in [1.29, 1.82) is 0 Å². The van der Waals surface area contributed by atoms with Crippen LogP contribution in [0.2, 0.25) is 0 Å². The van der Waals surface area contributed by atoms with E-state index in [0.717, 1.165) is 0 Å². The lowest BCUT2D eigenvalue weighted by Crippen LogP contribution is -2.27. The van der Waals surface area contributed by atoms with Gasteiger partial charge in [-0.05, 0) is 6.92 Å². The number of anilines is 1. The molecule has 2 N–H and O–H groups in total. The van der Waals surface area contributed by atoms with Gasteiger partial charge in [0.1, 0.15) is 11.6 Å². The molecule has 0 radical (unpaired) electrons. The van der Waals surface area contributed by atoms with Crippen LogP contribution in [0.4, 0.5) is 10.2 Å². The second-order valence-electron chi connectivity index (χ2n) is 3.74. The van der Waals surface area contributed by atoms with E-state index >= 15 is 0 Å². The number of aryl methyl sites for hydroxylation is 1. The van der Waals surface area contributed by atoms with Crippen LogP contribution in [0.3, 0.4) is 0 Å². The summed E-state index contributed by atoms with van der Waals surface area (Å²) in [4.78, 5) is 15.2. The maximum atomic E-state index is 13.2. The van der Waals surface area contributed by atoms with Gasteiger partial charge in [-0.2, -0.15) is 4.98 Å². The third kappa shape index (κ3) is 1.66. The maximum absolute atomic E-state index is 13.2. The highest BCUT2D eigenvalue weighted by molar-refractivity contribution is 5.35. The monoisotopic (exact) mass is 225 g/mol. The van der Waals surface area contributed by atoms with E-state index in [2.05, 4.69) is 11.6 Å². The molecule has 0 saturated carbocycles. The van der Waals surface area contributed by atoms with Gasteiger partial charge < -0.3 is 10.5 Å². The molecule has 2 atom stereocenters. The van der Waals surface area contributed by atoms with Crippen molar-refractivity contribution in [2.24, 2.45) is 0 Å². The van der Waals surface area contributed by atoms with E-state index in [9.17, 15) is 9.18 Å². The molecule has 0 aromatic carbocycles. The number of hydrogen-bond donors (Lipinski definition) is 1. The number of halogens is 1. The summed E-state index contributed by atoms with van der Waals surface area (Å²) in [6.07, 6.45) is -0.332. The topological polar surface area (TPSA) is 70.1 Å². The molecule has 1 saturated heterocycles. The average Bonchev–Trinajstić information content (AvgIpc) is 2.53. The van der Waals surface area contributed by atoms with Crippen LogP contribution >= 0.6 is 0 Å². The van der Waals surface area contributed by atoms with Gasteiger partial charge in [0.15, 0.2) is 12.4 Å². The minimum absolute atomic E-state index is 0.0476. The Morgan fingerprint density at radius 1 is 1.75 bits per heavy atom. The van der Waals surface area contributed by atoms with Crippen molar-refractivity contribution in [2.75, 3.05) is 5.73 Å². The Labute approximate surface area is 91.4 Å². The zero-order valence-electron chi connectivity index (χ0n) is 8.81. The first-order valence-corrected chi connectivity index (χ1v) is 4.84. The third-order valence-corrected chi connectivity index (χ3v) is 2.53. The van der Waals surface area contributed by atoms with Crippen LogP contribution < -0.4 is 11.4 Å².